The number of carbonyl (C=O) groups excluding carboxylic acids is 1. The van der Waals surface area contributed by atoms with Gasteiger partial charge in [-0.3, -0.25) is 9.52 Å². The summed E-state index contributed by atoms with van der Waals surface area (Å²) >= 11 is 3.44. The number of sulfonamides is 1. The average molecular weight is 451 g/mol. The number of rotatable bonds is 6. The summed E-state index contributed by atoms with van der Waals surface area (Å²) in [6.07, 6.45) is 3.82. The van der Waals surface area contributed by atoms with Gasteiger partial charge in [-0.25, -0.2) is 8.42 Å². The highest BCUT2D eigenvalue weighted by molar-refractivity contribution is 9.10. The van der Waals surface area contributed by atoms with E-state index in [1.54, 1.807) is 18.2 Å². The molecule has 5 nitrogen and oxygen atoms in total. The number of benzene rings is 2. The molecule has 1 fully saturated rings. The molecule has 1 atom stereocenters. The van der Waals surface area contributed by atoms with Crippen LogP contribution in [0.25, 0.3) is 0 Å². The van der Waals surface area contributed by atoms with Crippen LogP contribution in [0.1, 0.15) is 43.4 Å². The first kappa shape index (κ1) is 19.9. The second-order valence-electron chi connectivity index (χ2n) is 7.14. The number of anilines is 1. The van der Waals surface area contributed by atoms with E-state index in [2.05, 4.69) is 26.0 Å². The largest absolute Gasteiger partial charge is 0.349 e. The monoisotopic (exact) mass is 450 g/mol. The minimum Gasteiger partial charge on any atom is -0.349 e. The van der Waals surface area contributed by atoms with Gasteiger partial charge in [0, 0.05) is 10.2 Å². The van der Waals surface area contributed by atoms with Crippen LogP contribution in [0.2, 0.25) is 0 Å². The highest BCUT2D eigenvalue weighted by Crippen LogP contribution is 2.44. The van der Waals surface area contributed by atoms with E-state index in [0.717, 1.165) is 41.1 Å². The summed E-state index contributed by atoms with van der Waals surface area (Å²) in [5.74, 6) is 0.0186. The molecule has 1 aliphatic carbocycles. The molecule has 0 bridgehead atoms. The number of hydrogen-bond acceptors (Lipinski definition) is 3. The van der Waals surface area contributed by atoms with E-state index in [1.807, 2.05) is 37.3 Å². The number of hydrogen-bond donors (Lipinski definition) is 2. The van der Waals surface area contributed by atoms with Crippen molar-refractivity contribution in [3.8, 4) is 0 Å². The Morgan fingerprint density at radius 3 is 2.37 bits per heavy atom. The molecule has 1 unspecified atom stereocenters. The van der Waals surface area contributed by atoms with Crippen molar-refractivity contribution in [3.05, 3.63) is 64.1 Å². The molecule has 3 rings (SSSR count). The summed E-state index contributed by atoms with van der Waals surface area (Å²) in [4.78, 5) is 13.1. The molecule has 1 amide bonds. The zero-order valence-electron chi connectivity index (χ0n) is 15.3. The zero-order valence-corrected chi connectivity index (χ0v) is 17.7. The van der Waals surface area contributed by atoms with E-state index in [0.29, 0.717) is 5.69 Å². The van der Waals surface area contributed by atoms with Crippen molar-refractivity contribution in [2.75, 3.05) is 11.0 Å². The summed E-state index contributed by atoms with van der Waals surface area (Å²) in [7, 11) is -3.34. The first-order chi connectivity index (χ1) is 12.7. The van der Waals surface area contributed by atoms with Crippen LogP contribution in [0.15, 0.2) is 53.0 Å². The van der Waals surface area contributed by atoms with Crippen LogP contribution in [0.4, 0.5) is 5.69 Å². The van der Waals surface area contributed by atoms with Crippen LogP contribution in [-0.4, -0.2) is 20.6 Å². The Bertz CT molecular complexity index is 938. The highest BCUT2D eigenvalue weighted by atomic mass is 79.9. The third-order valence-electron chi connectivity index (χ3n) is 5.08. The second-order valence-corrected chi connectivity index (χ2v) is 9.80. The van der Waals surface area contributed by atoms with Gasteiger partial charge in [-0.1, -0.05) is 46.6 Å². The summed E-state index contributed by atoms with van der Waals surface area (Å²) in [6.45, 7) is 1.91. The van der Waals surface area contributed by atoms with Crippen molar-refractivity contribution in [3.63, 3.8) is 0 Å². The lowest BCUT2D eigenvalue weighted by Gasteiger charge is -2.41. The molecular weight excluding hydrogens is 428 g/mol. The Labute approximate surface area is 168 Å². The lowest BCUT2D eigenvalue weighted by molar-refractivity contribution is -0.130. The number of amides is 1. The fourth-order valence-corrected chi connectivity index (χ4v) is 4.27. The molecule has 144 valence electrons. The summed E-state index contributed by atoms with van der Waals surface area (Å²) in [6, 6.07) is 14.8. The third-order valence-corrected chi connectivity index (χ3v) is 6.21. The molecule has 27 heavy (non-hydrogen) atoms. The Morgan fingerprint density at radius 1 is 1.15 bits per heavy atom. The van der Waals surface area contributed by atoms with Gasteiger partial charge in [0.1, 0.15) is 0 Å². The van der Waals surface area contributed by atoms with Gasteiger partial charge < -0.3 is 5.32 Å². The quantitative estimate of drug-likeness (QED) is 0.694. The lowest BCUT2D eigenvalue weighted by atomic mass is 9.63. The van der Waals surface area contributed by atoms with Crippen LogP contribution in [0.5, 0.6) is 0 Å². The average Bonchev–Trinajstić information content (AvgIpc) is 2.54. The van der Waals surface area contributed by atoms with Gasteiger partial charge in [0.25, 0.3) is 0 Å². The van der Waals surface area contributed by atoms with E-state index in [1.165, 1.54) is 0 Å². The first-order valence-electron chi connectivity index (χ1n) is 8.84. The van der Waals surface area contributed by atoms with E-state index in [4.69, 9.17) is 0 Å². The second kappa shape index (κ2) is 7.64. The van der Waals surface area contributed by atoms with Gasteiger partial charge in [-0.2, -0.15) is 0 Å². The smallest absolute Gasteiger partial charge is 0.231 e. The molecule has 0 aromatic heterocycles. The molecule has 2 aromatic rings. The van der Waals surface area contributed by atoms with Crippen molar-refractivity contribution in [2.24, 2.45) is 0 Å². The molecule has 1 saturated carbocycles. The van der Waals surface area contributed by atoms with Crippen molar-refractivity contribution < 1.29 is 13.2 Å². The minimum absolute atomic E-state index is 0.0186. The fraction of sp³-hybridized carbons (Fsp3) is 0.350. The predicted molar refractivity (Wildman–Crippen MR) is 111 cm³/mol. The molecular formula is C20H23BrN2O3S. The number of halogens is 1. The fourth-order valence-electron chi connectivity index (χ4n) is 3.45. The molecule has 0 spiro atoms. The zero-order chi connectivity index (χ0) is 19.7. The van der Waals surface area contributed by atoms with E-state index in [-0.39, 0.29) is 11.9 Å². The molecule has 0 heterocycles. The van der Waals surface area contributed by atoms with Gasteiger partial charge in [-0.05, 0) is 55.2 Å². The molecule has 2 N–H and O–H groups in total. The topological polar surface area (TPSA) is 75.3 Å². The normalized spacial score (nSPS) is 16.9. The maximum absolute atomic E-state index is 13.1. The van der Waals surface area contributed by atoms with Gasteiger partial charge in [0.15, 0.2) is 0 Å². The van der Waals surface area contributed by atoms with Crippen molar-refractivity contribution in [1.29, 1.82) is 0 Å². The van der Waals surface area contributed by atoms with Crippen molar-refractivity contribution in [1.82, 2.24) is 5.32 Å². The lowest BCUT2D eigenvalue weighted by Crippen LogP contribution is -2.49. The van der Waals surface area contributed by atoms with Crippen LogP contribution < -0.4 is 10.0 Å². The summed E-state index contributed by atoms with van der Waals surface area (Å²) in [5.41, 5.74) is 1.90. The standard InChI is InChI=1S/C20H23BrN2O3S/c1-14(15-5-3-6-18(13-15)23-27(2,25)26)22-19(24)20(11-4-12-20)16-7-9-17(21)10-8-16/h3,5-10,13-14,23H,4,11-12H2,1-2H3,(H,22,24). The van der Waals surface area contributed by atoms with Gasteiger partial charge in [-0.15, -0.1) is 0 Å². The molecule has 7 heteroatoms. The van der Waals surface area contributed by atoms with Crippen LogP contribution in [0.3, 0.4) is 0 Å². The van der Waals surface area contributed by atoms with Crippen LogP contribution in [-0.2, 0) is 20.2 Å². The molecule has 1 aliphatic rings. The van der Waals surface area contributed by atoms with Gasteiger partial charge in [0.2, 0.25) is 15.9 Å². The minimum atomic E-state index is -3.34. The van der Waals surface area contributed by atoms with E-state index >= 15 is 0 Å². The van der Waals surface area contributed by atoms with Gasteiger partial charge in [0.05, 0.1) is 17.7 Å². The third kappa shape index (κ3) is 4.52. The Balaban J connectivity index is 1.77. The van der Waals surface area contributed by atoms with Crippen molar-refractivity contribution in [2.45, 2.75) is 37.6 Å². The SMILES string of the molecule is CC(NC(=O)C1(c2ccc(Br)cc2)CCC1)c1cccc(NS(C)(=O)=O)c1. The first-order valence-corrected chi connectivity index (χ1v) is 11.5. The predicted octanol–water partition coefficient (Wildman–Crippen LogP) is 4.12. The molecule has 0 saturated heterocycles. The van der Waals surface area contributed by atoms with Crippen molar-refractivity contribution >= 4 is 37.5 Å². The molecule has 0 radical (unpaired) electrons. The van der Waals surface area contributed by atoms with E-state index < -0.39 is 15.4 Å². The molecule has 0 aliphatic heterocycles. The van der Waals surface area contributed by atoms with Crippen LogP contribution in [0, 0.1) is 0 Å². The van der Waals surface area contributed by atoms with Crippen LogP contribution >= 0.6 is 15.9 Å². The Morgan fingerprint density at radius 2 is 1.81 bits per heavy atom. The Kier molecular flexibility index (Phi) is 5.63. The maximum atomic E-state index is 13.1. The number of nitrogens with one attached hydrogen (secondary N) is 2. The Hall–Kier alpha value is -1.86. The summed E-state index contributed by atoms with van der Waals surface area (Å²) in [5, 5.41) is 3.11. The highest BCUT2D eigenvalue weighted by Gasteiger charge is 2.45. The van der Waals surface area contributed by atoms with E-state index in [9.17, 15) is 13.2 Å². The van der Waals surface area contributed by atoms with Gasteiger partial charge >= 0.3 is 0 Å². The maximum Gasteiger partial charge on any atom is 0.231 e. The summed E-state index contributed by atoms with van der Waals surface area (Å²) < 4.78 is 26.3. The molecule has 2 aromatic carbocycles. The number of carbonyl (C=O) groups is 1.